The van der Waals surface area contributed by atoms with Gasteiger partial charge in [0.1, 0.15) is 6.54 Å². The highest BCUT2D eigenvalue weighted by Gasteiger charge is 2.01. The molecular formula is C6H10N2O3. The number of hydrogen-bond donors (Lipinski definition) is 3. The minimum absolute atomic E-state index is 0.390. The summed E-state index contributed by atoms with van der Waals surface area (Å²) in [4.78, 5) is 20.5. The van der Waals surface area contributed by atoms with Gasteiger partial charge >= 0.3 is 12.0 Å². The van der Waals surface area contributed by atoms with Crippen molar-refractivity contribution in [2.24, 2.45) is 0 Å². The van der Waals surface area contributed by atoms with Crippen molar-refractivity contribution in [2.75, 3.05) is 6.54 Å². The van der Waals surface area contributed by atoms with Crippen LogP contribution in [0.4, 0.5) is 4.79 Å². The SMILES string of the molecule is C=C(C)NC(=O)NCC(=O)O. The fraction of sp³-hybridized carbons (Fsp3) is 0.333. The molecule has 0 radical (unpaired) electrons. The Kier molecular flexibility index (Phi) is 3.72. The fourth-order valence-electron chi connectivity index (χ4n) is 0.394. The Labute approximate surface area is 64.1 Å². The highest BCUT2D eigenvalue weighted by molar-refractivity contribution is 5.80. The van der Waals surface area contributed by atoms with Gasteiger partial charge in [0, 0.05) is 5.70 Å². The molecular weight excluding hydrogens is 148 g/mol. The van der Waals surface area contributed by atoms with Crippen molar-refractivity contribution in [3.8, 4) is 0 Å². The monoisotopic (exact) mass is 158 g/mol. The number of urea groups is 1. The molecule has 2 amide bonds. The van der Waals surface area contributed by atoms with Crippen LogP contribution in [0.5, 0.6) is 0 Å². The largest absolute Gasteiger partial charge is 0.480 e. The van der Waals surface area contributed by atoms with E-state index in [0.29, 0.717) is 5.70 Å². The third kappa shape index (κ3) is 6.36. The summed E-state index contributed by atoms with van der Waals surface area (Å²) in [5.41, 5.74) is 0.466. The second-order valence-corrected chi connectivity index (χ2v) is 1.98. The van der Waals surface area contributed by atoms with Crippen LogP contribution in [0.25, 0.3) is 0 Å². The molecule has 0 saturated heterocycles. The molecule has 0 spiro atoms. The van der Waals surface area contributed by atoms with Gasteiger partial charge in [-0.2, -0.15) is 0 Å². The van der Waals surface area contributed by atoms with Crippen LogP contribution >= 0.6 is 0 Å². The molecule has 0 rings (SSSR count). The summed E-state index contributed by atoms with van der Waals surface area (Å²) in [6, 6.07) is -0.556. The minimum Gasteiger partial charge on any atom is -0.480 e. The van der Waals surface area contributed by atoms with Crippen molar-refractivity contribution in [1.29, 1.82) is 0 Å². The lowest BCUT2D eigenvalue weighted by Crippen LogP contribution is -2.37. The van der Waals surface area contributed by atoms with E-state index in [4.69, 9.17) is 5.11 Å². The lowest BCUT2D eigenvalue weighted by atomic mass is 10.5. The van der Waals surface area contributed by atoms with Gasteiger partial charge in [-0.15, -0.1) is 0 Å². The first-order valence-corrected chi connectivity index (χ1v) is 2.94. The first-order valence-electron chi connectivity index (χ1n) is 2.94. The van der Waals surface area contributed by atoms with Gasteiger partial charge in [0.2, 0.25) is 0 Å². The van der Waals surface area contributed by atoms with Crippen LogP contribution in [0, 0.1) is 0 Å². The summed E-state index contributed by atoms with van der Waals surface area (Å²) in [6.07, 6.45) is 0. The van der Waals surface area contributed by atoms with E-state index in [1.54, 1.807) is 6.92 Å². The van der Waals surface area contributed by atoms with Crippen LogP contribution in [0.1, 0.15) is 6.92 Å². The molecule has 0 aromatic heterocycles. The van der Waals surface area contributed by atoms with Crippen LogP contribution in [0.3, 0.4) is 0 Å². The van der Waals surface area contributed by atoms with Gasteiger partial charge in [-0.3, -0.25) is 4.79 Å². The number of carbonyl (C=O) groups excluding carboxylic acids is 1. The molecule has 0 bridgehead atoms. The molecule has 0 aliphatic rings. The fourth-order valence-corrected chi connectivity index (χ4v) is 0.394. The van der Waals surface area contributed by atoms with Crippen molar-refractivity contribution in [1.82, 2.24) is 10.6 Å². The molecule has 0 aliphatic carbocycles. The zero-order valence-corrected chi connectivity index (χ0v) is 6.18. The van der Waals surface area contributed by atoms with Gasteiger partial charge in [0.15, 0.2) is 0 Å². The molecule has 3 N–H and O–H groups in total. The van der Waals surface area contributed by atoms with Gasteiger partial charge in [-0.25, -0.2) is 4.79 Å². The van der Waals surface area contributed by atoms with Gasteiger partial charge in [0.25, 0.3) is 0 Å². The van der Waals surface area contributed by atoms with Crippen molar-refractivity contribution in [3.05, 3.63) is 12.3 Å². The Morgan fingerprint density at radius 1 is 1.55 bits per heavy atom. The van der Waals surface area contributed by atoms with Crippen LogP contribution in [0.2, 0.25) is 0 Å². The molecule has 0 fully saturated rings. The van der Waals surface area contributed by atoms with E-state index in [0.717, 1.165) is 0 Å². The van der Waals surface area contributed by atoms with E-state index in [1.807, 2.05) is 0 Å². The third-order valence-electron chi connectivity index (χ3n) is 0.727. The molecule has 0 aromatic carbocycles. The molecule has 11 heavy (non-hydrogen) atoms. The number of aliphatic carboxylic acids is 1. The summed E-state index contributed by atoms with van der Waals surface area (Å²) in [6.45, 7) is 4.61. The predicted octanol–water partition coefficient (Wildman–Crippen LogP) is -0.0962. The predicted molar refractivity (Wildman–Crippen MR) is 39.0 cm³/mol. The number of allylic oxidation sites excluding steroid dienone is 1. The van der Waals surface area contributed by atoms with Gasteiger partial charge in [-0.1, -0.05) is 6.58 Å². The van der Waals surface area contributed by atoms with E-state index in [-0.39, 0.29) is 6.54 Å². The standard InChI is InChI=1S/C6H10N2O3/c1-4(2)8-6(11)7-3-5(9)10/h1,3H2,2H3,(H,9,10)(H2,7,8,11). The molecule has 5 nitrogen and oxygen atoms in total. The maximum absolute atomic E-state index is 10.6. The summed E-state index contributed by atoms with van der Waals surface area (Å²) in [5, 5.41) is 12.5. The first kappa shape index (κ1) is 9.48. The summed E-state index contributed by atoms with van der Waals surface area (Å²) >= 11 is 0. The summed E-state index contributed by atoms with van der Waals surface area (Å²) in [5.74, 6) is -1.08. The zero-order valence-electron chi connectivity index (χ0n) is 6.18. The van der Waals surface area contributed by atoms with Gasteiger partial charge in [-0.05, 0) is 6.92 Å². The molecule has 5 heteroatoms. The minimum atomic E-state index is -1.08. The summed E-state index contributed by atoms with van der Waals surface area (Å²) in [7, 11) is 0. The van der Waals surface area contributed by atoms with E-state index >= 15 is 0 Å². The molecule has 62 valence electrons. The average molecular weight is 158 g/mol. The number of rotatable bonds is 3. The number of amides is 2. The average Bonchev–Trinajstić information content (AvgIpc) is 1.82. The number of nitrogens with one attached hydrogen (secondary N) is 2. The summed E-state index contributed by atoms with van der Waals surface area (Å²) < 4.78 is 0. The third-order valence-corrected chi connectivity index (χ3v) is 0.727. The van der Waals surface area contributed by atoms with Crippen molar-refractivity contribution in [2.45, 2.75) is 6.92 Å². The van der Waals surface area contributed by atoms with Crippen molar-refractivity contribution in [3.63, 3.8) is 0 Å². The van der Waals surface area contributed by atoms with Gasteiger partial charge < -0.3 is 15.7 Å². The lowest BCUT2D eigenvalue weighted by Gasteiger charge is -2.03. The molecule has 0 aromatic rings. The Hall–Kier alpha value is -1.52. The first-order chi connectivity index (χ1) is 5.02. The molecule has 0 atom stereocenters. The van der Waals surface area contributed by atoms with E-state index in [2.05, 4.69) is 17.2 Å². The highest BCUT2D eigenvalue weighted by atomic mass is 16.4. The second-order valence-electron chi connectivity index (χ2n) is 1.98. The van der Waals surface area contributed by atoms with Crippen LogP contribution in [0.15, 0.2) is 12.3 Å². The maximum Gasteiger partial charge on any atom is 0.323 e. The topological polar surface area (TPSA) is 78.4 Å². The lowest BCUT2D eigenvalue weighted by molar-refractivity contribution is -0.135. The molecule has 0 aliphatic heterocycles. The zero-order chi connectivity index (χ0) is 8.85. The number of carboxylic acids is 1. The van der Waals surface area contributed by atoms with Crippen molar-refractivity contribution < 1.29 is 14.7 Å². The smallest absolute Gasteiger partial charge is 0.323 e. The normalized spacial score (nSPS) is 8.45. The number of carboxylic acid groups (broad SMARTS) is 1. The maximum atomic E-state index is 10.6. The van der Waals surface area contributed by atoms with Crippen LogP contribution < -0.4 is 10.6 Å². The Morgan fingerprint density at radius 2 is 2.09 bits per heavy atom. The Balaban J connectivity index is 3.53. The molecule has 0 saturated carbocycles. The highest BCUT2D eigenvalue weighted by Crippen LogP contribution is 1.76. The quantitative estimate of drug-likeness (QED) is 0.536. The second kappa shape index (κ2) is 4.32. The van der Waals surface area contributed by atoms with E-state index in [9.17, 15) is 9.59 Å². The Bertz CT molecular complexity index is 188. The number of carbonyl (C=O) groups is 2. The van der Waals surface area contributed by atoms with Crippen LogP contribution in [-0.4, -0.2) is 23.7 Å². The van der Waals surface area contributed by atoms with Crippen molar-refractivity contribution >= 4 is 12.0 Å². The molecule has 0 unspecified atom stereocenters. The van der Waals surface area contributed by atoms with E-state index < -0.39 is 12.0 Å². The Morgan fingerprint density at radius 3 is 2.45 bits per heavy atom. The van der Waals surface area contributed by atoms with Gasteiger partial charge in [0.05, 0.1) is 0 Å². The van der Waals surface area contributed by atoms with Crippen LogP contribution in [-0.2, 0) is 4.79 Å². The van der Waals surface area contributed by atoms with E-state index in [1.165, 1.54) is 0 Å². The number of hydrogen-bond acceptors (Lipinski definition) is 2. The molecule has 0 heterocycles.